The van der Waals surface area contributed by atoms with Gasteiger partial charge in [-0.3, -0.25) is 4.98 Å². The van der Waals surface area contributed by atoms with E-state index < -0.39 is 0 Å². The molecule has 5 nitrogen and oxygen atoms in total. The Morgan fingerprint density at radius 3 is 2.86 bits per heavy atom. The molecule has 1 atom stereocenters. The van der Waals surface area contributed by atoms with Crippen LogP contribution < -0.4 is 4.90 Å². The fourth-order valence-corrected chi connectivity index (χ4v) is 2.43. The van der Waals surface area contributed by atoms with Gasteiger partial charge in [-0.2, -0.15) is 5.26 Å². The van der Waals surface area contributed by atoms with Crippen LogP contribution in [-0.2, 0) is 11.3 Å². The van der Waals surface area contributed by atoms with Crippen molar-refractivity contribution in [3.63, 3.8) is 0 Å². The monoisotopic (exact) mass is 280 g/mol. The first-order valence-electron chi connectivity index (χ1n) is 6.97. The van der Waals surface area contributed by atoms with Gasteiger partial charge in [0.1, 0.15) is 11.8 Å². The molecule has 0 N–H and O–H groups in total. The second-order valence-electron chi connectivity index (χ2n) is 5.04. The summed E-state index contributed by atoms with van der Waals surface area (Å²) >= 11 is 0. The number of pyridine rings is 2. The Balaban J connectivity index is 1.54. The smallest absolute Gasteiger partial charge is 0.140 e. The topological polar surface area (TPSA) is 62.0 Å². The van der Waals surface area contributed by atoms with Crippen LogP contribution in [-0.4, -0.2) is 29.2 Å². The summed E-state index contributed by atoms with van der Waals surface area (Å²) < 4.78 is 5.94. The fraction of sp³-hybridized carbons (Fsp3) is 0.312. The molecule has 2 aromatic heterocycles. The Hall–Kier alpha value is -2.45. The molecule has 2 aromatic rings. The molecular formula is C16H16N4O. The second-order valence-corrected chi connectivity index (χ2v) is 5.04. The Morgan fingerprint density at radius 2 is 2.14 bits per heavy atom. The summed E-state index contributed by atoms with van der Waals surface area (Å²) in [6.07, 6.45) is 6.55. The molecule has 1 fully saturated rings. The average molecular weight is 280 g/mol. The molecule has 0 aromatic carbocycles. The second kappa shape index (κ2) is 6.33. The third-order valence-electron chi connectivity index (χ3n) is 3.61. The zero-order chi connectivity index (χ0) is 14.5. The summed E-state index contributed by atoms with van der Waals surface area (Å²) in [6.45, 7) is 2.43. The minimum atomic E-state index is 0.230. The van der Waals surface area contributed by atoms with Crippen LogP contribution in [0.4, 0.5) is 5.69 Å². The van der Waals surface area contributed by atoms with E-state index in [-0.39, 0.29) is 6.10 Å². The molecule has 1 aliphatic heterocycles. The lowest BCUT2D eigenvalue weighted by molar-refractivity contribution is 0.0553. The summed E-state index contributed by atoms with van der Waals surface area (Å²) in [7, 11) is 0. The molecule has 0 bridgehead atoms. The molecule has 0 saturated carbocycles. The van der Waals surface area contributed by atoms with Crippen LogP contribution in [0.25, 0.3) is 0 Å². The zero-order valence-corrected chi connectivity index (χ0v) is 11.6. The average Bonchev–Trinajstić information content (AvgIpc) is 3.03. The van der Waals surface area contributed by atoms with Crippen molar-refractivity contribution in [1.29, 1.82) is 5.26 Å². The van der Waals surface area contributed by atoms with Gasteiger partial charge in [-0.1, -0.05) is 0 Å². The number of hydrogen-bond acceptors (Lipinski definition) is 5. The summed E-state index contributed by atoms with van der Waals surface area (Å²) in [5.41, 5.74) is 2.64. The molecule has 1 saturated heterocycles. The highest BCUT2D eigenvalue weighted by molar-refractivity contribution is 5.47. The summed E-state index contributed by atoms with van der Waals surface area (Å²) in [6, 6.07) is 9.66. The Morgan fingerprint density at radius 1 is 1.29 bits per heavy atom. The van der Waals surface area contributed by atoms with E-state index in [9.17, 15) is 0 Å². The summed E-state index contributed by atoms with van der Waals surface area (Å²) in [5, 5.41) is 8.76. The predicted octanol–water partition coefficient (Wildman–Crippen LogP) is 2.14. The van der Waals surface area contributed by atoms with Crippen LogP contribution in [0.2, 0.25) is 0 Å². The molecule has 3 rings (SSSR count). The minimum absolute atomic E-state index is 0.230. The minimum Gasteiger partial charge on any atom is -0.372 e. The van der Waals surface area contributed by atoms with E-state index in [1.807, 2.05) is 24.3 Å². The molecule has 0 spiro atoms. The van der Waals surface area contributed by atoms with Gasteiger partial charge in [0.25, 0.3) is 0 Å². The maximum absolute atomic E-state index is 8.76. The standard InChI is InChI=1S/C16H16N4O/c17-9-14-1-2-15(10-19-14)20-8-5-16(11-20)21-12-13-3-6-18-7-4-13/h1-4,6-7,10,16H,5,8,11-12H2/t16-/m0/s1. The molecule has 5 heteroatoms. The fourth-order valence-electron chi connectivity index (χ4n) is 2.43. The molecule has 0 radical (unpaired) electrons. The quantitative estimate of drug-likeness (QED) is 0.858. The molecule has 1 aliphatic rings. The van der Waals surface area contributed by atoms with Gasteiger partial charge < -0.3 is 9.64 Å². The highest BCUT2D eigenvalue weighted by Crippen LogP contribution is 2.21. The van der Waals surface area contributed by atoms with Crippen molar-refractivity contribution < 1.29 is 4.74 Å². The molecule has 0 amide bonds. The Kier molecular flexibility index (Phi) is 4.08. The van der Waals surface area contributed by atoms with Gasteiger partial charge >= 0.3 is 0 Å². The number of rotatable bonds is 4. The van der Waals surface area contributed by atoms with E-state index in [2.05, 4.69) is 14.9 Å². The van der Waals surface area contributed by atoms with E-state index in [1.165, 1.54) is 0 Å². The third-order valence-corrected chi connectivity index (χ3v) is 3.61. The van der Waals surface area contributed by atoms with Crippen LogP contribution in [0.15, 0.2) is 42.9 Å². The van der Waals surface area contributed by atoms with Crippen molar-refractivity contribution in [2.75, 3.05) is 18.0 Å². The van der Waals surface area contributed by atoms with E-state index in [0.717, 1.165) is 30.8 Å². The number of nitriles is 1. The maximum Gasteiger partial charge on any atom is 0.140 e. The molecule has 0 unspecified atom stereocenters. The first-order valence-corrected chi connectivity index (χ1v) is 6.97. The van der Waals surface area contributed by atoms with Crippen molar-refractivity contribution in [1.82, 2.24) is 9.97 Å². The molecule has 106 valence electrons. The van der Waals surface area contributed by atoms with Gasteiger partial charge in [-0.25, -0.2) is 4.98 Å². The summed E-state index contributed by atoms with van der Waals surface area (Å²) in [4.78, 5) is 10.3. The van der Waals surface area contributed by atoms with Crippen LogP contribution in [0.3, 0.4) is 0 Å². The number of hydrogen-bond donors (Lipinski definition) is 0. The van der Waals surface area contributed by atoms with Gasteiger partial charge in [0, 0.05) is 25.5 Å². The lowest BCUT2D eigenvalue weighted by Gasteiger charge is -2.18. The molecule has 0 aliphatic carbocycles. The van der Waals surface area contributed by atoms with Crippen molar-refractivity contribution in [3.8, 4) is 6.07 Å². The molecule has 21 heavy (non-hydrogen) atoms. The Labute approximate surface area is 123 Å². The number of nitrogens with zero attached hydrogens (tertiary/aromatic N) is 4. The van der Waals surface area contributed by atoms with E-state index in [1.54, 1.807) is 24.7 Å². The lowest BCUT2D eigenvalue weighted by Crippen LogP contribution is -2.22. The van der Waals surface area contributed by atoms with Crippen molar-refractivity contribution >= 4 is 5.69 Å². The maximum atomic E-state index is 8.76. The SMILES string of the molecule is N#Cc1ccc(N2CC[C@H](OCc3ccncc3)C2)cn1. The number of anilines is 1. The normalized spacial score (nSPS) is 17.7. The highest BCUT2D eigenvalue weighted by Gasteiger charge is 2.23. The predicted molar refractivity (Wildman–Crippen MR) is 78.6 cm³/mol. The van der Waals surface area contributed by atoms with Crippen molar-refractivity contribution in [2.24, 2.45) is 0 Å². The van der Waals surface area contributed by atoms with Crippen molar-refractivity contribution in [2.45, 2.75) is 19.1 Å². The first-order chi connectivity index (χ1) is 10.3. The third kappa shape index (κ3) is 3.36. The van der Waals surface area contributed by atoms with Gasteiger partial charge in [0.05, 0.1) is 24.6 Å². The zero-order valence-electron chi connectivity index (χ0n) is 11.6. The number of ether oxygens (including phenoxy) is 1. The lowest BCUT2D eigenvalue weighted by atomic mass is 10.3. The van der Waals surface area contributed by atoms with Gasteiger partial charge in [-0.15, -0.1) is 0 Å². The van der Waals surface area contributed by atoms with E-state index >= 15 is 0 Å². The van der Waals surface area contributed by atoms with E-state index in [0.29, 0.717) is 12.3 Å². The largest absolute Gasteiger partial charge is 0.372 e. The highest BCUT2D eigenvalue weighted by atomic mass is 16.5. The number of aromatic nitrogens is 2. The molecular weight excluding hydrogens is 264 g/mol. The first kappa shape index (κ1) is 13.5. The van der Waals surface area contributed by atoms with E-state index in [4.69, 9.17) is 10.00 Å². The summed E-state index contributed by atoms with van der Waals surface area (Å²) in [5.74, 6) is 0. The van der Waals surface area contributed by atoms with Crippen LogP contribution >= 0.6 is 0 Å². The van der Waals surface area contributed by atoms with Crippen LogP contribution in [0.1, 0.15) is 17.7 Å². The van der Waals surface area contributed by atoms with Gasteiger partial charge in [0.2, 0.25) is 0 Å². The van der Waals surface area contributed by atoms with Crippen molar-refractivity contribution in [3.05, 3.63) is 54.1 Å². The molecule has 3 heterocycles. The van der Waals surface area contributed by atoms with Crippen LogP contribution in [0, 0.1) is 11.3 Å². The van der Waals surface area contributed by atoms with Gasteiger partial charge in [0.15, 0.2) is 0 Å². The van der Waals surface area contributed by atoms with Gasteiger partial charge in [-0.05, 0) is 36.2 Å². The Bertz CT molecular complexity index is 621. The van der Waals surface area contributed by atoms with Crippen LogP contribution in [0.5, 0.6) is 0 Å².